The molecular weight excluding hydrogens is 166 g/mol. The summed E-state index contributed by atoms with van der Waals surface area (Å²) in [4.78, 5) is 11.3. The number of aromatic nitrogens is 3. The number of hydrogen-bond acceptors (Lipinski definition) is 4. The molecule has 0 aromatic carbocycles. The molecule has 0 bridgehead atoms. The van der Waals surface area contributed by atoms with Gasteiger partial charge in [-0.25, -0.2) is 4.98 Å². The van der Waals surface area contributed by atoms with Crippen LogP contribution in [0.15, 0.2) is 48.4 Å². The number of nitrogens with zero attached hydrogens (tertiary/aromatic N) is 3. The van der Waals surface area contributed by atoms with E-state index in [0.717, 1.165) is 5.69 Å². The van der Waals surface area contributed by atoms with Gasteiger partial charge in [-0.05, 0) is 6.08 Å². The molecule has 0 unspecified atom stereocenters. The van der Waals surface area contributed by atoms with Gasteiger partial charge < -0.3 is 4.42 Å². The lowest BCUT2D eigenvalue weighted by molar-refractivity contribution is 0.558. The molecule has 4 heteroatoms. The molecular formula is C9H9N3O. The summed E-state index contributed by atoms with van der Waals surface area (Å²) < 4.78 is 4.47. The van der Waals surface area contributed by atoms with Crippen LogP contribution in [0.4, 0.5) is 0 Å². The highest BCUT2D eigenvalue weighted by molar-refractivity contribution is 5.38. The molecule has 0 amide bonds. The van der Waals surface area contributed by atoms with E-state index in [-0.39, 0.29) is 0 Å². The molecule has 0 aliphatic carbocycles. The van der Waals surface area contributed by atoms with Crippen LogP contribution in [-0.4, -0.2) is 15.0 Å². The van der Waals surface area contributed by atoms with Crippen LogP contribution in [0.5, 0.6) is 0 Å². The van der Waals surface area contributed by atoms with Crippen molar-refractivity contribution in [2.24, 2.45) is 0 Å². The highest BCUT2D eigenvalue weighted by Crippen LogP contribution is 1.88. The molecule has 0 N–H and O–H groups in total. The van der Waals surface area contributed by atoms with E-state index >= 15 is 0 Å². The van der Waals surface area contributed by atoms with E-state index < -0.39 is 0 Å². The Morgan fingerprint density at radius 2 is 2.15 bits per heavy atom. The molecule has 2 aromatic rings. The first kappa shape index (κ1) is 9.12. The second-order valence-corrected chi connectivity index (χ2v) is 2.01. The standard InChI is InChI=1S/C6H6N2.C3H3NO/c1-2-6-5-7-3-4-8-6;1-2-5-3-4-1/h2-5H,1H2;1-3H. The number of hydrogen-bond donors (Lipinski definition) is 0. The summed E-state index contributed by atoms with van der Waals surface area (Å²) >= 11 is 0. The number of rotatable bonds is 1. The molecule has 0 saturated carbocycles. The monoisotopic (exact) mass is 175 g/mol. The summed E-state index contributed by atoms with van der Waals surface area (Å²) in [6.45, 7) is 3.53. The average molecular weight is 175 g/mol. The van der Waals surface area contributed by atoms with E-state index in [2.05, 4.69) is 25.9 Å². The highest BCUT2D eigenvalue weighted by atomic mass is 16.3. The molecule has 66 valence electrons. The third-order valence-corrected chi connectivity index (χ3v) is 1.14. The van der Waals surface area contributed by atoms with Crippen LogP contribution in [-0.2, 0) is 0 Å². The minimum atomic E-state index is 0.813. The predicted octanol–water partition coefficient (Wildman–Crippen LogP) is 1.79. The summed E-state index contributed by atoms with van der Waals surface area (Å²) in [5.74, 6) is 0. The van der Waals surface area contributed by atoms with Crippen molar-refractivity contribution in [3.63, 3.8) is 0 Å². The van der Waals surface area contributed by atoms with Gasteiger partial charge in [0.15, 0.2) is 6.39 Å². The Bertz CT molecular complexity index is 301. The van der Waals surface area contributed by atoms with Crippen molar-refractivity contribution in [3.05, 3.63) is 49.7 Å². The predicted molar refractivity (Wildman–Crippen MR) is 48.6 cm³/mol. The summed E-state index contributed by atoms with van der Waals surface area (Å²) in [5, 5.41) is 0. The topological polar surface area (TPSA) is 51.8 Å². The number of oxazole rings is 1. The molecule has 2 rings (SSSR count). The van der Waals surface area contributed by atoms with Crippen molar-refractivity contribution in [3.8, 4) is 0 Å². The average Bonchev–Trinajstić information content (AvgIpc) is 2.77. The van der Waals surface area contributed by atoms with Gasteiger partial charge in [0.2, 0.25) is 0 Å². The van der Waals surface area contributed by atoms with Crippen molar-refractivity contribution >= 4 is 6.08 Å². The second kappa shape index (κ2) is 5.65. The minimum Gasteiger partial charge on any atom is -0.452 e. The summed E-state index contributed by atoms with van der Waals surface area (Å²) in [7, 11) is 0. The maximum Gasteiger partial charge on any atom is 0.180 e. The van der Waals surface area contributed by atoms with Gasteiger partial charge in [-0.15, -0.1) is 0 Å². The van der Waals surface area contributed by atoms with E-state index in [1.165, 1.54) is 12.7 Å². The normalized spacial score (nSPS) is 8.31. The van der Waals surface area contributed by atoms with Gasteiger partial charge in [0.05, 0.1) is 18.1 Å². The zero-order valence-electron chi connectivity index (χ0n) is 7.00. The van der Waals surface area contributed by atoms with Gasteiger partial charge in [0, 0.05) is 12.4 Å². The molecule has 13 heavy (non-hydrogen) atoms. The van der Waals surface area contributed by atoms with E-state index in [0.29, 0.717) is 0 Å². The third-order valence-electron chi connectivity index (χ3n) is 1.14. The summed E-state index contributed by atoms with van der Waals surface area (Å²) in [6.07, 6.45) is 11.1. The van der Waals surface area contributed by atoms with E-state index in [1.807, 2.05) is 0 Å². The van der Waals surface area contributed by atoms with Crippen LogP contribution in [0.1, 0.15) is 5.69 Å². The van der Waals surface area contributed by atoms with Crippen molar-refractivity contribution in [1.29, 1.82) is 0 Å². The quantitative estimate of drug-likeness (QED) is 0.663. The maximum atomic E-state index is 4.47. The first-order chi connectivity index (χ1) is 6.43. The zero-order valence-corrected chi connectivity index (χ0v) is 7.00. The Labute approximate surface area is 76.0 Å². The fraction of sp³-hybridized carbons (Fsp3) is 0. The molecule has 0 spiro atoms. The Morgan fingerprint density at radius 3 is 2.46 bits per heavy atom. The minimum absolute atomic E-state index is 0.813. The molecule has 0 radical (unpaired) electrons. The first-order valence-electron chi connectivity index (χ1n) is 3.64. The highest BCUT2D eigenvalue weighted by Gasteiger charge is 1.78. The second-order valence-electron chi connectivity index (χ2n) is 2.01. The summed E-state index contributed by atoms with van der Waals surface area (Å²) in [6, 6.07) is 0. The lowest BCUT2D eigenvalue weighted by Gasteiger charge is -1.83. The molecule has 0 aliphatic heterocycles. The lowest BCUT2D eigenvalue weighted by atomic mass is 10.5. The Balaban J connectivity index is 0.000000145. The van der Waals surface area contributed by atoms with E-state index in [1.54, 1.807) is 30.9 Å². The van der Waals surface area contributed by atoms with Crippen molar-refractivity contribution in [1.82, 2.24) is 15.0 Å². The molecule has 2 heterocycles. The molecule has 2 aromatic heterocycles. The van der Waals surface area contributed by atoms with Gasteiger partial charge in [0.1, 0.15) is 6.26 Å². The van der Waals surface area contributed by atoms with Crippen molar-refractivity contribution < 1.29 is 4.42 Å². The van der Waals surface area contributed by atoms with Crippen LogP contribution in [0.2, 0.25) is 0 Å². The van der Waals surface area contributed by atoms with Gasteiger partial charge >= 0.3 is 0 Å². The van der Waals surface area contributed by atoms with Crippen LogP contribution in [0.3, 0.4) is 0 Å². The van der Waals surface area contributed by atoms with E-state index in [4.69, 9.17) is 0 Å². The Kier molecular flexibility index (Phi) is 3.96. The van der Waals surface area contributed by atoms with Gasteiger partial charge in [-0.2, -0.15) is 0 Å². The maximum absolute atomic E-state index is 4.47. The Morgan fingerprint density at radius 1 is 1.23 bits per heavy atom. The molecule has 0 aliphatic rings. The summed E-state index contributed by atoms with van der Waals surface area (Å²) in [5.41, 5.74) is 0.813. The SMILES string of the molecule is C=Cc1cnccn1.c1cocn1. The van der Waals surface area contributed by atoms with Crippen LogP contribution < -0.4 is 0 Å². The molecule has 4 nitrogen and oxygen atoms in total. The molecule has 0 atom stereocenters. The van der Waals surface area contributed by atoms with Gasteiger partial charge in [0.25, 0.3) is 0 Å². The van der Waals surface area contributed by atoms with E-state index in [9.17, 15) is 0 Å². The largest absolute Gasteiger partial charge is 0.452 e. The van der Waals surface area contributed by atoms with Gasteiger partial charge in [-0.1, -0.05) is 6.58 Å². The van der Waals surface area contributed by atoms with Crippen molar-refractivity contribution in [2.75, 3.05) is 0 Å². The molecule has 0 fully saturated rings. The molecule has 0 saturated heterocycles. The third kappa shape index (κ3) is 3.81. The fourth-order valence-corrected chi connectivity index (χ4v) is 0.592. The van der Waals surface area contributed by atoms with Crippen LogP contribution >= 0.6 is 0 Å². The fourth-order valence-electron chi connectivity index (χ4n) is 0.592. The van der Waals surface area contributed by atoms with Crippen LogP contribution in [0.25, 0.3) is 6.08 Å². The van der Waals surface area contributed by atoms with Gasteiger partial charge in [-0.3, -0.25) is 9.97 Å². The van der Waals surface area contributed by atoms with Crippen LogP contribution in [0, 0.1) is 0 Å². The Hall–Kier alpha value is -1.97. The van der Waals surface area contributed by atoms with Crippen molar-refractivity contribution in [2.45, 2.75) is 0 Å². The zero-order chi connectivity index (χ0) is 9.36. The smallest absolute Gasteiger partial charge is 0.180 e. The lowest BCUT2D eigenvalue weighted by Crippen LogP contribution is -1.77. The first-order valence-corrected chi connectivity index (χ1v) is 3.64.